The SMILES string of the molecule is CCN(CC)C(=O)[C@H]1CN(S(=O)(=O)c2ccccc2)CCN1S(=O)(=O)c1ccccc1. The molecule has 0 bridgehead atoms. The van der Waals surface area contributed by atoms with Crippen molar-refractivity contribution in [3.8, 4) is 0 Å². The summed E-state index contributed by atoms with van der Waals surface area (Å²) in [6.45, 7) is 4.02. The van der Waals surface area contributed by atoms with Gasteiger partial charge in [0.15, 0.2) is 0 Å². The molecule has 0 N–H and O–H groups in total. The van der Waals surface area contributed by atoms with E-state index in [1.165, 1.54) is 33.5 Å². The highest BCUT2D eigenvalue weighted by Crippen LogP contribution is 2.26. The van der Waals surface area contributed by atoms with Crippen LogP contribution in [0.3, 0.4) is 0 Å². The van der Waals surface area contributed by atoms with Gasteiger partial charge in [-0.15, -0.1) is 0 Å². The summed E-state index contributed by atoms with van der Waals surface area (Å²) in [6, 6.07) is 14.7. The van der Waals surface area contributed by atoms with E-state index >= 15 is 0 Å². The average molecular weight is 466 g/mol. The molecule has 3 rings (SSSR count). The lowest BCUT2D eigenvalue weighted by atomic mass is 10.2. The molecular formula is C21H27N3O5S2. The van der Waals surface area contributed by atoms with E-state index < -0.39 is 32.0 Å². The Morgan fingerprint density at radius 1 is 0.839 bits per heavy atom. The van der Waals surface area contributed by atoms with Gasteiger partial charge in [-0.25, -0.2) is 16.8 Å². The van der Waals surface area contributed by atoms with Crippen molar-refractivity contribution in [2.75, 3.05) is 32.7 Å². The molecule has 1 atom stereocenters. The van der Waals surface area contributed by atoms with Crippen LogP contribution in [0.1, 0.15) is 13.8 Å². The fourth-order valence-corrected chi connectivity index (χ4v) is 6.71. The van der Waals surface area contributed by atoms with Crippen LogP contribution in [0.5, 0.6) is 0 Å². The Bertz CT molecular complexity index is 1100. The Kier molecular flexibility index (Phi) is 7.15. The van der Waals surface area contributed by atoms with Crippen molar-refractivity contribution in [1.82, 2.24) is 13.5 Å². The summed E-state index contributed by atoms with van der Waals surface area (Å²) in [5, 5.41) is 0. The van der Waals surface area contributed by atoms with E-state index in [4.69, 9.17) is 0 Å². The van der Waals surface area contributed by atoms with Gasteiger partial charge in [0.25, 0.3) is 0 Å². The molecule has 8 nitrogen and oxygen atoms in total. The van der Waals surface area contributed by atoms with Crippen LogP contribution in [0, 0.1) is 0 Å². The molecule has 10 heteroatoms. The van der Waals surface area contributed by atoms with Gasteiger partial charge in [0.2, 0.25) is 26.0 Å². The number of likely N-dealkylation sites (N-methyl/N-ethyl adjacent to an activating group) is 1. The van der Waals surface area contributed by atoms with Crippen LogP contribution in [0.4, 0.5) is 0 Å². The number of hydrogen-bond acceptors (Lipinski definition) is 5. The molecule has 1 saturated heterocycles. The number of benzene rings is 2. The van der Waals surface area contributed by atoms with Gasteiger partial charge in [0.1, 0.15) is 6.04 Å². The molecule has 1 aliphatic heterocycles. The van der Waals surface area contributed by atoms with Crippen LogP contribution in [0.25, 0.3) is 0 Å². The molecule has 2 aromatic carbocycles. The number of carbonyl (C=O) groups excluding carboxylic acids is 1. The quantitative estimate of drug-likeness (QED) is 0.619. The highest BCUT2D eigenvalue weighted by atomic mass is 32.2. The molecule has 31 heavy (non-hydrogen) atoms. The van der Waals surface area contributed by atoms with Gasteiger partial charge in [-0.05, 0) is 38.1 Å². The van der Waals surface area contributed by atoms with Crippen LogP contribution in [-0.4, -0.2) is 75.0 Å². The summed E-state index contributed by atoms with van der Waals surface area (Å²) in [7, 11) is -7.84. The molecule has 1 fully saturated rings. The first-order valence-corrected chi connectivity index (χ1v) is 13.0. The second-order valence-electron chi connectivity index (χ2n) is 7.13. The maximum Gasteiger partial charge on any atom is 0.243 e. The molecule has 0 radical (unpaired) electrons. The van der Waals surface area contributed by atoms with Gasteiger partial charge < -0.3 is 4.90 Å². The van der Waals surface area contributed by atoms with Gasteiger partial charge in [-0.3, -0.25) is 4.79 Å². The number of carbonyl (C=O) groups is 1. The highest BCUT2D eigenvalue weighted by molar-refractivity contribution is 7.89. The van der Waals surface area contributed by atoms with Crippen LogP contribution in [0.15, 0.2) is 70.5 Å². The average Bonchev–Trinajstić information content (AvgIpc) is 2.80. The molecule has 2 aromatic rings. The molecular weight excluding hydrogens is 438 g/mol. The van der Waals surface area contributed by atoms with Gasteiger partial charge >= 0.3 is 0 Å². The summed E-state index contributed by atoms with van der Waals surface area (Å²) in [5.41, 5.74) is 0. The summed E-state index contributed by atoms with van der Waals surface area (Å²) in [5.74, 6) is -0.405. The fraction of sp³-hybridized carbons (Fsp3) is 0.381. The fourth-order valence-electron chi connectivity index (χ4n) is 3.66. The van der Waals surface area contributed by atoms with Gasteiger partial charge in [0, 0.05) is 32.7 Å². The molecule has 1 heterocycles. The standard InChI is InChI=1S/C21H27N3O5S2/c1-3-22(4-2)21(25)20-17-23(30(26,27)18-11-7-5-8-12-18)15-16-24(20)31(28,29)19-13-9-6-10-14-19/h5-14,20H,3-4,15-17H2,1-2H3/t20-/m1/s1. The molecule has 168 valence electrons. The van der Waals surface area contributed by atoms with Crippen LogP contribution >= 0.6 is 0 Å². The van der Waals surface area contributed by atoms with Crippen molar-refractivity contribution in [3.63, 3.8) is 0 Å². The number of amides is 1. The summed E-state index contributed by atoms with van der Waals surface area (Å²) in [6.07, 6.45) is 0. The molecule has 0 aliphatic carbocycles. The third-order valence-corrected chi connectivity index (χ3v) is 9.19. The first kappa shape index (κ1) is 23.4. The molecule has 0 aromatic heterocycles. The van der Waals surface area contributed by atoms with Crippen molar-refractivity contribution in [2.24, 2.45) is 0 Å². The molecule has 0 unspecified atom stereocenters. The number of rotatable bonds is 7. The Morgan fingerprint density at radius 3 is 1.81 bits per heavy atom. The summed E-state index contributed by atoms with van der Waals surface area (Å²) < 4.78 is 55.2. The van der Waals surface area contributed by atoms with Crippen LogP contribution in [0.2, 0.25) is 0 Å². The second-order valence-corrected chi connectivity index (χ2v) is 11.0. The monoisotopic (exact) mass is 465 g/mol. The summed E-state index contributed by atoms with van der Waals surface area (Å²) >= 11 is 0. The number of nitrogens with zero attached hydrogens (tertiary/aromatic N) is 3. The third-order valence-electron chi connectivity index (χ3n) is 5.38. The lowest BCUT2D eigenvalue weighted by molar-refractivity contribution is -0.136. The van der Waals surface area contributed by atoms with Gasteiger partial charge in [-0.1, -0.05) is 36.4 Å². The minimum absolute atomic E-state index is 0.0364. The number of hydrogen-bond donors (Lipinski definition) is 0. The molecule has 0 saturated carbocycles. The first-order valence-electron chi connectivity index (χ1n) is 10.1. The molecule has 0 spiro atoms. The largest absolute Gasteiger partial charge is 0.342 e. The van der Waals surface area contributed by atoms with Crippen molar-refractivity contribution in [3.05, 3.63) is 60.7 Å². The lowest BCUT2D eigenvalue weighted by Crippen LogP contribution is -2.61. The van der Waals surface area contributed by atoms with E-state index in [9.17, 15) is 21.6 Å². The predicted molar refractivity (Wildman–Crippen MR) is 117 cm³/mol. The minimum Gasteiger partial charge on any atom is -0.342 e. The van der Waals surface area contributed by atoms with Crippen molar-refractivity contribution < 1.29 is 21.6 Å². The van der Waals surface area contributed by atoms with Crippen LogP contribution in [-0.2, 0) is 24.8 Å². The van der Waals surface area contributed by atoms with Crippen molar-refractivity contribution in [1.29, 1.82) is 0 Å². The Balaban J connectivity index is 2.00. The van der Waals surface area contributed by atoms with E-state index in [1.54, 1.807) is 50.2 Å². The Hall–Kier alpha value is -2.27. The van der Waals surface area contributed by atoms with Gasteiger partial charge in [-0.2, -0.15) is 8.61 Å². The molecule has 1 amide bonds. The Labute approximate surface area is 184 Å². The topological polar surface area (TPSA) is 95.1 Å². The normalized spacial score (nSPS) is 18.6. The van der Waals surface area contributed by atoms with Crippen molar-refractivity contribution >= 4 is 26.0 Å². The number of piperazine rings is 1. The second kappa shape index (κ2) is 9.47. The van der Waals surface area contributed by atoms with Crippen molar-refractivity contribution in [2.45, 2.75) is 29.7 Å². The highest BCUT2D eigenvalue weighted by Gasteiger charge is 2.44. The lowest BCUT2D eigenvalue weighted by Gasteiger charge is -2.40. The zero-order valence-electron chi connectivity index (χ0n) is 17.6. The first-order chi connectivity index (χ1) is 14.7. The van der Waals surface area contributed by atoms with E-state index in [-0.39, 0.29) is 29.4 Å². The summed E-state index contributed by atoms with van der Waals surface area (Å²) in [4.78, 5) is 15.0. The zero-order chi connectivity index (χ0) is 22.6. The van der Waals surface area contributed by atoms with E-state index in [0.717, 1.165) is 4.31 Å². The van der Waals surface area contributed by atoms with Gasteiger partial charge in [0.05, 0.1) is 9.79 Å². The molecule has 1 aliphatic rings. The van der Waals surface area contributed by atoms with E-state index in [0.29, 0.717) is 13.1 Å². The minimum atomic E-state index is -3.98. The zero-order valence-corrected chi connectivity index (χ0v) is 19.2. The maximum atomic E-state index is 13.3. The number of sulfonamides is 2. The van der Waals surface area contributed by atoms with E-state index in [2.05, 4.69) is 0 Å². The predicted octanol–water partition coefficient (Wildman–Crippen LogP) is 1.62. The maximum absolute atomic E-state index is 13.3. The smallest absolute Gasteiger partial charge is 0.243 e. The van der Waals surface area contributed by atoms with Crippen LogP contribution < -0.4 is 0 Å². The Morgan fingerprint density at radius 2 is 1.32 bits per heavy atom. The third kappa shape index (κ3) is 4.67. The van der Waals surface area contributed by atoms with E-state index in [1.807, 2.05) is 0 Å².